The number of benzene rings is 2. The maximum atomic E-state index is 10.5. The summed E-state index contributed by atoms with van der Waals surface area (Å²) in [5.74, 6) is -1.20. The summed E-state index contributed by atoms with van der Waals surface area (Å²) in [5.41, 5.74) is 1.91. The molecule has 0 bridgehead atoms. The molecule has 0 saturated carbocycles. The van der Waals surface area contributed by atoms with Gasteiger partial charge in [0.2, 0.25) is 12.1 Å². The molecule has 0 aromatic heterocycles. The molecular weight excluding hydrogens is 296 g/mol. The van der Waals surface area contributed by atoms with Gasteiger partial charge in [-0.25, -0.2) is 0 Å². The van der Waals surface area contributed by atoms with Crippen LogP contribution in [0.25, 0.3) is 0 Å². The van der Waals surface area contributed by atoms with E-state index in [0.717, 1.165) is 5.56 Å². The Kier molecular flexibility index (Phi) is 4.37. The molecule has 5 heteroatoms. The van der Waals surface area contributed by atoms with Crippen LogP contribution in [0.4, 0.5) is 0 Å². The van der Waals surface area contributed by atoms with Gasteiger partial charge in [-0.15, -0.1) is 0 Å². The van der Waals surface area contributed by atoms with Crippen LogP contribution in [-0.2, 0) is 15.4 Å². The van der Waals surface area contributed by atoms with E-state index < -0.39 is 5.79 Å². The van der Waals surface area contributed by atoms with Crippen LogP contribution in [0.2, 0.25) is 0 Å². The lowest BCUT2D eigenvalue weighted by molar-refractivity contribution is -0.239. The zero-order chi connectivity index (χ0) is 16.4. The predicted octanol–water partition coefficient (Wildman–Crippen LogP) is 2.66. The third-order valence-corrected chi connectivity index (χ3v) is 3.79. The van der Waals surface area contributed by atoms with Crippen molar-refractivity contribution in [3.63, 3.8) is 0 Å². The van der Waals surface area contributed by atoms with Crippen molar-refractivity contribution < 1.29 is 24.7 Å². The largest absolute Gasteiger partial charge is 0.358 e. The molecule has 23 heavy (non-hydrogen) atoms. The smallest absolute Gasteiger partial charge is 0.226 e. The van der Waals surface area contributed by atoms with Gasteiger partial charge in [0.15, 0.2) is 5.75 Å². The van der Waals surface area contributed by atoms with Crippen LogP contribution in [0.1, 0.15) is 36.5 Å². The minimum absolute atomic E-state index is 0.302. The Morgan fingerprint density at radius 2 is 1.52 bits per heavy atom. The molecule has 1 aliphatic heterocycles. The molecule has 1 unspecified atom stereocenters. The number of epoxide rings is 1. The van der Waals surface area contributed by atoms with Gasteiger partial charge in [0.05, 0.1) is 0 Å². The van der Waals surface area contributed by atoms with Crippen molar-refractivity contribution in [2.24, 2.45) is 0 Å². The molecule has 0 amide bonds. The van der Waals surface area contributed by atoms with Crippen molar-refractivity contribution in [1.82, 2.24) is 0 Å². The molecule has 2 aromatic rings. The molecule has 1 atom stereocenters. The molecule has 0 radical (unpaired) electrons. The molecule has 122 valence electrons. The van der Waals surface area contributed by atoms with Crippen LogP contribution in [0, 0.1) is 0 Å². The number of rotatable bonds is 6. The lowest BCUT2D eigenvalue weighted by atomic mass is 9.94. The fourth-order valence-electron chi connectivity index (χ4n) is 2.21. The highest BCUT2D eigenvalue weighted by molar-refractivity contribution is 5.37. The molecule has 2 N–H and O–H groups in total. The summed E-state index contributed by atoms with van der Waals surface area (Å²) in [7, 11) is 0. The zero-order valence-electron chi connectivity index (χ0n) is 13.1. The van der Waals surface area contributed by atoms with Crippen molar-refractivity contribution in [1.29, 1.82) is 0 Å². The molecular formula is C18H20O5. The van der Waals surface area contributed by atoms with Gasteiger partial charge in [-0.3, -0.25) is 0 Å². The van der Waals surface area contributed by atoms with Crippen molar-refractivity contribution in [2.75, 3.05) is 6.61 Å². The number of aliphatic hydroxyl groups is 2. The van der Waals surface area contributed by atoms with Gasteiger partial charge in [0.1, 0.15) is 6.61 Å². The minimum atomic E-state index is -2.06. The molecule has 5 nitrogen and oxygen atoms in total. The maximum absolute atomic E-state index is 10.5. The lowest BCUT2D eigenvalue weighted by Crippen LogP contribution is -2.26. The van der Waals surface area contributed by atoms with Crippen LogP contribution in [0.5, 0.6) is 5.75 Å². The van der Waals surface area contributed by atoms with Crippen molar-refractivity contribution in [2.45, 2.75) is 31.8 Å². The monoisotopic (exact) mass is 316 g/mol. The second kappa shape index (κ2) is 6.29. The van der Waals surface area contributed by atoms with Crippen molar-refractivity contribution >= 4 is 0 Å². The Labute approximate surface area is 135 Å². The summed E-state index contributed by atoms with van der Waals surface area (Å²) in [6.07, 6.45) is -0.302. The average molecular weight is 316 g/mol. The Morgan fingerprint density at radius 1 is 1.00 bits per heavy atom. The second-order valence-corrected chi connectivity index (χ2v) is 5.92. The number of ether oxygens (including phenoxy) is 1. The van der Waals surface area contributed by atoms with Gasteiger partial charge >= 0.3 is 0 Å². The topological polar surface area (TPSA) is 71.5 Å². The van der Waals surface area contributed by atoms with Crippen LogP contribution in [0.3, 0.4) is 0 Å². The van der Waals surface area contributed by atoms with Gasteiger partial charge in [0, 0.05) is 11.1 Å². The van der Waals surface area contributed by atoms with E-state index in [4.69, 9.17) is 14.5 Å². The number of hydrogen-bond donors (Lipinski definition) is 2. The first-order chi connectivity index (χ1) is 11.0. The molecule has 2 aromatic carbocycles. The summed E-state index contributed by atoms with van der Waals surface area (Å²) in [6.45, 7) is 4.71. The molecule has 1 saturated heterocycles. The highest BCUT2D eigenvalue weighted by atomic mass is 17.2. The third kappa shape index (κ3) is 3.71. The summed E-state index contributed by atoms with van der Waals surface area (Å²) in [5, 5.41) is 20.9. The fourth-order valence-corrected chi connectivity index (χ4v) is 2.21. The zero-order valence-corrected chi connectivity index (χ0v) is 13.1. The van der Waals surface area contributed by atoms with E-state index in [0.29, 0.717) is 29.4 Å². The maximum Gasteiger partial charge on any atom is 0.226 e. The summed E-state index contributed by atoms with van der Waals surface area (Å²) in [4.78, 5) is 9.99. The highest BCUT2D eigenvalue weighted by Crippen LogP contribution is 2.29. The van der Waals surface area contributed by atoms with E-state index >= 15 is 0 Å². The summed E-state index contributed by atoms with van der Waals surface area (Å²) >= 11 is 0. The summed E-state index contributed by atoms with van der Waals surface area (Å²) < 4.78 is 4.87. The molecule has 1 aliphatic rings. The molecule has 1 fully saturated rings. The van der Waals surface area contributed by atoms with Crippen LogP contribution >= 0.6 is 0 Å². The predicted molar refractivity (Wildman–Crippen MR) is 83.6 cm³/mol. The Morgan fingerprint density at radius 3 is 2.00 bits per heavy atom. The quantitative estimate of drug-likeness (QED) is 0.371. The normalized spacial score (nSPS) is 17.3. The van der Waals surface area contributed by atoms with Gasteiger partial charge in [-0.05, 0) is 35.7 Å². The first-order valence-electron chi connectivity index (χ1n) is 7.57. The third-order valence-electron chi connectivity index (χ3n) is 3.79. The van der Waals surface area contributed by atoms with E-state index in [2.05, 4.69) is 13.8 Å². The van der Waals surface area contributed by atoms with Gasteiger partial charge in [0.25, 0.3) is 0 Å². The number of hydrogen-bond acceptors (Lipinski definition) is 5. The van der Waals surface area contributed by atoms with E-state index in [1.165, 1.54) is 0 Å². The minimum Gasteiger partial charge on any atom is -0.358 e. The van der Waals surface area contributed by atoms with Crippen LogP contribution in [0.15, 0.2) is 48.5 Å². The SMILES string of the molecule is CC(C)c1ccc(C(O)(O)c2ccc(OOC3CO3)cc2)cc1. The molecule has 3 rings (SSSR count). The highest BCUT2D eigenvalue weighted by Gasteiger charge is 2.29. The Hall–Kier alpha value is -1.92. The first kappa shape index (κ1) is 16.0. The molecule has 1 heterocycles. The molecule has 0 aliphatic carbocycles. The Bertz CT molecular complexity index is 642. The molecule has 0 spiro atoms. The van der Waals surface area contributed by atoms with E-state index in [1.54, 1.807) is 36.4 Å². The van der Waals surface area contributed by atoms with Crippen molar-refractivity contribution in [3.05, 3.63) is 65.2 Å². The Balaban J connectivity index is 1.74. The van der Waals surface area contributed by atoms with Crippen molar-refractivity contribution in [3.8, 4) is 5.75 Å². The van der Waals surface area contributed by atoms with Gasteiger partial charge in [-0.1, -0.05) is 38.1 Å². The van der Waals surface area contributed by atoms with Gasteiger partial charge in [-0.2, -0.15) is 4.89 Å². The second-order valence-electron chi connectivity index (χ2n) is 5.92. The fraction of sp³-hybridized carbons (Fsp3) is 0.333. The van der Waals surface area contributed by atoms with Crippen LogP contribution < -0.4 is 4.89 Å². The van der Waals surface area contributed by atoms with E-state index in [-0.39, 0.29) is 6.29 Å². The average Bonchev–Trinajstić information content (AvgIpc) is 3.38. The standard InChI is InChI=1S/C18H20O5/c1-12(2)13-3-5-14(6-4-13)18(19,20)15-7-9-16(10-8-15)22-23-17-11-21-17/h3-10,12,17,19-20H,11H2,1-2H3. The summed E-state index contributed by atoms with van der Waals surface area (Å²) in [6, 6.07) is 13.7. The first-order valence-corrected chi connectivity index (χ1v) is 7.57. The van der Waals surface area contributed by atoms with Gasteiger partial charge < -0.3 is 19.8 Å². The van der Waals surface area contributed by atoms with Crippen LogP contribution in [-0.4, -0.2) is 23.1 Å². The lowest BCUT2D eigenvalue weighted by Gasteiger charge is -2.23. The van der Waals surface area contributed by atoms with E-state index in [9.17, 15) is 10.2 Å². The van der Waals surface area contributed by atoms with E-state index in [1.807, 2.05) is 12.1 Å².